The van der Waals surface area contributed by atoms with Gasteiger partial charge in [-0.1, -0.05) is 188 Å². The van der Waals surface area contributed by atoms with Crippen molar-refractivity contribution in [3.63, 3.8) is 0 Å². The minimum Gasteiger partial charge on any atom is -0.310 e. The summed E-state index contributed by atoms with van der Waals surface area (Å²) in [7, 11) is 0. The molecule has 0 aliphatic heterocycles. The molecule has 0 aliphatic carbocycles. The number of para-hydroxylation sites is 3. The van der Waals surface area contributed by atoms with Crippen LogP contribution in [-0.2, 0) is 0 Å². The lowest BCUT2D eigenvalue weighted by atomic mass is 9.96. The first-order valence-corrected chi connectivity index (χ1v) is 20.6. The molecule has 0 radical (unpaired) electrons. The Morgan fingerprint density at radius 1 is 0.300 bits per heavy atom. The van der Waals surface area contributed by atoms with Crippen LogP contribution in [0.4, 0.5) is 17.1 Å². The first kappa shape index (κ1) is 35.2. The van der Waals surface area contributed by atoms with Crippen LogP contribution in [0.5, 0.6) is 0 Å². The predicted octanol–water partition coefficient (Wildman–Crippen LogP) is 16.1. The molecule has 0 saturated heterocycles. The lowest BCUT2D eigenvalue weighted by molar-refractivity contribution is 1.18. The van der Waals surface area contributed by atoms with Gasteiger partial charge < -0.3 is 9.47 Å². The summed E-state index contributed by atoms with van der Waals surface area (Å²) >= 11 is 0. The van der Waals surface area contributed by atoms with E-state index in [-0.39, 0.29) is 0 Å². The normalized spacial score (nSPS) is 11.3. The molecule has 2 nitrogen and oxygen atoms in total. The van der Waals surface area contributed by atoms with Crippen molar-refractivity contribution in [2.75, 3.05) is 4.90 Å². The molecule has 0 aliphatic rings. The molecule has 0 N–H and O–H groups in total. The summed E-state index contributed by atoms with van der Waals surface area (Å²) in [5.41, 5.74) is 16.4. The number of hydrogen-bond donors (Lipinski definition) is 0. The zero-order chi connectivity index (χ0) is 39.8. The minimum absolute atomic E-state index is 1.09. The van der Waals surface area contributed by atoms with Crippen LogP contribution in [-0.4, -0.2) is 4.57 Å². The zero-order valence-corrected chi connectivity index (χ0v) is 33.0. The van der Waals surface area contributed by atoms with Crippen molar-refractivity contribution in [3.05, 3.63) is 243 Å². The molecule has 0 saturated carbocycles. The number of anilines is 3. The fourth-order valence-corrected chi connectivity index (χ4v) is 9.01. The number of fused-ring (bicyclic) bond motifs is 4. The van der Waals surface area contributed by atoms with Gasteiger partial charge in [0.15, 0.2) is 0 Å². The Morgan fingerprint density at radius 3 is 1.67 bits per heavy atom. The van der Waals surface area contributed by atoms with E-state index in [1.807, 2.05) is 0 Å². The van der Waals surface area contributed by atoms with E-state index in [0.717, 1.165) is 39.4 Å². The van der Waals surface area contributed by atoms with Crippen LogP contribution < -0.4 is 4.90 Å². The Balaban J connectivity index is 1.08. The van der Waals surface area contributed by atoms with Gasteiger partial charge in [0.1, 0.15) is 0 Å². The smallest absolute Gasteiger partial charge is 0.0547 e. The van der Waals surface area contributed by atoms with Crippen molar-refractivity contribution in [2.24, 2.45) is 0 Å². The third kappa shape index (κ3) is 6.23. The molecule has 0 fully saturated rings. The van der Waals surface area contributed by atoms with Crippen LogP contribution in [0.1, 0.15) is 0 Å². The summed E-state index contributed by atoms with van der Waals surface area (Å²) in [5.74, 6) is 0. The summed E-state index contributed by atoms with van der Waals surface area (Å²) in [6.07, 6.45) is 0. The largest absolute Gasteiger partial charge is 0.310 e. The molecule has 2 heteroatoms. The SMILES string of the molecule is c1ccc(-c2ccc(-c3ccccc3N(c3ccc(-c4cccc5ccccc45)cc3)c3cccc(-c4cccc5c4c4ccccc4n5-c4ccccc4)c3)cc2)cc1. The van der Waals surface area contributed by atoms with E-state index in [0.29, 0.717) is 0 Å². The molecule has 0 unspecified atom stereocenters. The average molecular weight is 765 g/mol. The number of rotatable bonds is 8. The molecule has 11 rings (SSSR count). The maximum absolute atomic E-state index is 2.42. The molecule has 60 heavy (non-hydrogen) atoms. The van der Waals surface area contributed by atoms with Crippen LogP contribution >= 0.6 is 0 Å². The van der Waals surface area contributed by atoms with Crippen LogP contribution in [0, 0.1) is 0 Å². The molecule has 282 valence electrons. The quantitative estimate of drug-likeness (QED) is 0.150. The summed E-state index contributed by atoms with van der Waals surface area (Å²) in [6, 6.07) is 87.9. The third-order valence-corrected chi connectivity index (χ3v) is 11.8. The van der Waals surface area contributed by atoms with Crippen molar-refractivity contribution in [3.8, 4) is 50.2 Å². The van der Waals surface area contributed by atoms with Gasteiger partial charge in [-0.15, -0.1) is 0 Å². The van der Waals surface area contributed by atoms with Gasteiger partial charge in [-0.2, -0.15) is 0 Å². The summed E-state index contributed by atoms with van der Waals surface area (Å²) < 4.78 is 2.39. The molecule has 11 aromatic rings. The van der Waals surface area contributed by atoms with Gasteiger partial charge >= 0.3 is 0 Å². The Bertz CT molecular complexity index is 3280. The van der Waals surface area contributed by atoms with E-state index in [1.54, 1.807) is 0 Å². The molecular formula is C58H40N2. The lowest BCUT2D eigenvalue weighted by Gasteiger charge is -2.28. The van der Waals surface area contributed by atoms with Gasteiger partial charge in [0.2, 0.25) is 0 Å². The van der Waals surface area contributed by atoms with Crippen molar-refractivity contribution in [2.45, 2.75) is 0 Å². The molecule has 10 aromatic carbocycles. The number of hydrogen-bond acceptors (Lipinski definition) is 1. The second-order valence-corrected chi connectivity index (χ2v) is 15.3. The highest BCUT2D eigenvalue weighted by Crippen LogP contribution is 2.44. The van der Waals surface area contributed by atoms with E-state index >= 15 is 0 Å². The van der Waals surface area contributed by atoms with Crippen LogP contribution in [0.15, 0.2) is 243 Å². The van der Waals surface area contributed by atoms with Crippen molar-refractivity contribution >= 4 is 49.6 Å². The fraction of sp³-hybridized carbons (Fsp3) is 0. The van der Waals surface area contributed by atoms with Crippen molar-refractivity contribution in [1.82, 2.24) is 4.57 Å². The first-order valence-electron chi connectivity index (χ1n) is 20.6. The minimum atomic E-state index is 1.09. The van der Waals surface area contributed by atoms with Crippen LogP contribution in [0.2, 0.25) is 0 Å². The molecule has 0 amide bonds. The topological polar surface area (TPSA) is 8.17 Å². The number of aromatic nitrogens is 1. The Morgan fingerprint density at radius 2 is 0.833 bits per heavy atom. The Hall–Kier alpha value is -7.94. The predicted molar refractivity (Wildman–Crippen MR) is 255 cm³/mol. The molecule has 0 atom stereocenters. The summed E-state index contributed by atoms with van der Waals surface area (Å²) in [4.78, 5) is 2.42. The zero-order valence-electron chi connectivity index (χ0n) is 33.0. The Labute approximate surface area is 350 Å². The molecular weight excluding hydrogens is 725 g/mol. The van der Waals surface area contributed by atoms with E-state index in [2.05, 4.69) is 252 Å². The van der Waals surface area contributed by atoms with Crippen molar-refractivity contribution in [1.29, 1.82) is 0 Å². The van der Waals surface area contributed by atoms with Gasteiger partial charge in [-0.25, -0.2) is 0 Å². The van der Waals surface area contributed by atoms with Gasteiger partial charge in [-0.3, -0.25) is 0 Å². The average Bonchev–Trinajstić information content (AvgIpc) is 3.67. The van der Waals surface area contributed by atoms with Gasteiger partial charge in [0, 0.05) is 33.4 Å². The maximum atomic E-state index is 2.42. The van der Waals surface area contributed by atoms with E-state index in [9.17, 15) is 0 Å². The fourth-order valence-electron chi connectivity index (χ4n) is 9.01. The second kappa shape index (κ2) is 15.1. The molecule has 0 bridgehead atoms. The molecule has 1 aromatic heterocycles. The summed E-state index contributed by atoms with van der Waals surface area (Å²) in [6.45, 7) is 0. The van der Waals surface area contributed by atoms with Crippen molar-refractivity contribution < 1.29 is 0 Å². The highest BCUT2D eigenvalue weighted by molar-refractivity contribution is 6.16. The highest BCUT2D eigenvalue weighted by Gasteiger charge is 2.20. The van der Waals surface area contributed by atoms with Crippen LogP contribution in [0.25, 0.3) is 82.8 Å². The standard InChI is InChI=1S/C58H40N2/c1-3-16-41(17-4-1)42-32-34-45(35-33-42)52-25-9-11-29-55(52)59(48-38-36-44(37-39-48)51-27-14-19-43-18-7-8-24-50(43)51)49-23-13-20-46(40-49)53-28-15-31-57-58(53)54-26-10-12-30-56(54)60(57)47-21-5-2-6-22-47/h1-40H. The monoisotopic (exact) mass is 764 g/mol. The van der Waals surface area contributed by atoms with Gasteiger partial charge in [0.25, 0.3) is 0 Å². The molecule has 0 spiro atoms. The van der Waals surface area contributed by atoms with Crippen LogP contribution in [0.3, 0.4) is 0 Å². The van der Waals surface area contributed by atoms with E-state index in [4.69, 9.17) is 0 Å². The first-order chi connectivity index (χ1) is 29.8. The highest BCUT2D eigenvalue weighted by atomic mass is 15.1. The maximum Gasteiger partial charge on any atom is 0.0547 e. The third-order valence-electron chi connectivity index (χ3n) is 11.8. The van der Waals surface area contributed by atoms with E-state index in [1.165, 1.54) is 60.4 Å². The number of benzene rings is 10. The van der Waals surface area contributed by atoms with E-state index < -0.39 is 0 Å². The lowest BCUT2D eigenvalue weighted by Crippen LogP contribution is -2.11. The Kier molecular flexibility index (Phi) is 8.87. The second-order valence-electron chi connectivity index (χ2n) is 15.3. The molecule has 1 heterocycles. The summed E-state index contributed by atoms with van der Waals surface area (Å²) in [5, 5.41) is 4.98. The van der Waals surface area contributed by atoms with Gasteiger partial charge in [0.05, 0.1) is 16.7 Å². The number of nitrogens with zero attached hydrogens (tertiary/aromatic N) is 2. The van der Waals surface area contributed by atoms with Gasteiger partial charge in [-0.05, 0) is 104 Å².